The van der Waals surface area contributed by atoms with Crippen LogP contribution in [0.4, 0.5) is 0 Å². The summed E-state index contributed by atoms with van der Waals surface area (Å²) in [6.07, 6.45) is 0. The molecule has 1 fully saturated rings. The van der Waals surface area contributed by atoms with E-state index in [0.717, 1.165) is 5.52 Å². The van der Waals surface area contributed by atoms with Crippen LogP contribution in [0.2, 0.25) is 0 Å². The molecule has 1 aliphatic heterocycles. The van der Waals surface area contributed by atoms with Gasteiger partial charge in [0.1, 0.15) is 5.52 Å². The zero-order valence-corrected chi connectivity index (χ0v) is 14.8. The average Bonchev–Trinajstić information content (AvgIpc) is 3.08. The van der Waals surface area contributed by atoms with E-state index >= 15 is 0 Å². The quantitative estimate of drug-likeness (QED) is 0.728. The first-order chi connectivity index (χ1) is 12.5. The van der Waals surface area contributed by atoms with Gasteiger partial charge in [0, 0.05) is 39.6 Å². The van der Waals surface area contributed by atoms with Gasteiger partial charge in [-0.15, -0.1) is 5.10 Å². The van der Waals surface area contributed by atoms with E-state index in [4.69, 9.17) is 4.74 Å². The van der Waals surface area contributed by atoms with E-state index < -0.39 is 5.97 Å². The number of amides is 2. The minimum absolute atomic E-state index is 0.000996. The molecule has 2 amide bonds. The van der Waals surface area contributed by atoms with Crippen molar-refractivity contribution in [1.29, 1.82) is 0 Å². The summed E-state index contributed by atoms with van der Waals surface area (Å²) in [4.78, 5) is 39.0. The van der Waals surface area contributed by atoms with Crippen LogP contribution in [0.3, 0.4) is 0 Å². The number of hydrogen-bond donors (Lipinski definition) is 0. The predicted molar refractivity (Wildman–Crippen MR) is 92.3 cm³/mol. The van der Waals surface area contributed by atoms with Crippen LogP contribution in [0, 0.1) is 0 Å². The monoisotopic (exact) mass is 359 g/mol. The Balaban J connectivity index is 1.55. The first kappa shape index (κ1) is 17.8. The molecule has 0 saturated carbocycles. The molecular weight excluding hydrogens is 338 g/mol. The first-order valence-electron chi connectivity index (χ1n) is 8.53. The zero-order chi connectivity index (χ0) is 18.7. The summed E-state index contributed by atoms with van der Waals surface area (Å²) in [7, 11) is 0. The van der Waals surface area contributed by atoms with Crippen molar-refractivity contribution in [3.63, 3.8) is 0 Å². The molecule has 0 atom stereocenters. The summed E-state index contributed by atoms with van der Waals surface area (Å²) in [5, 5.41) is 8.01. The van der Waals surface area contributed by atoms with Crippen LogP contribution < -0.4 is 0 Å². The van der Waals surface area contributed by atoms with Gasteiger partial charge in [-0.25, -0.2) is 9.48 Å². The molecule has 1 saturated heterocycles. The second kappa shape index (κ2) is 7.51. The molecule has 9 nitrogen and oxygen atoms in total. The number of rotatable bonds is 4. The number of aromatic nitrogens is 3. The predicted octanol–water partition coefficient (Wildman–Crippen LogP) is 0.299. The van der Waals surface area contributed by atoms with Crippen molar-refractivity contribution in [2.24, 2.45) is 0 Å². The van der Waals surface area contributed by atoms with Gasteiger partial charge in [-0.3, -0.25) is 9.59 Å². The molecule has 3 rings (SSSR count). The molecule has 1 aliphatic rings. The number of esters is 1. The maximum absolute atomic E-state index is 12.2. The van der Waals surface area contributed by atoms with E-state index in [1.165, 1.54) is 6.92 Å². The molecule has 26 heavy (non-hydrogen) atoms. The third-order valence-electron chi connectivity index (χ3n) is 4.45. The summed E-state index contributed by atoms with van der Waals surface area (Å²) in [5.74, 6) is -0.841. The van der Waals surface area contributed by atoms with Gasteiger partial charge in [-0.1, -0.05) is 5.21 Å². The Bertz CT molecular complexity index is 839. The fourth-order valence-electron chi connectivity index (χ4n) is 2.91. The summed E-state index contributed by atoms with van der Waals surface area (Å²) < 4.78 is 6.86. The number of nitrogens with zero attached hydrogens (tertiary/aromatic N) is 5. The summed E-state index contributed by atoms with van der Waals surface area (Å²) in [6, 6.07) is 5.00. The molecular formula is C17H21N5O4. The Morgan fingerprint density at radius 3 is 2.46 bits per heavy atom. The van der Waals surface area contributed by atoms with Gasteiger partial charge < -0.3 is 14.5 Å². The third kappa shape index (κ3) is 3.66. The van der Waals surface area contributed by atoms with Crippen molar-refractivity contribution in [3.05, 3.63) is 23.8 Å². The Hall–Kier alpha value is -2.97. The molecule has 0 unspecified atom stereocenters. The van der Waals surface area contributed by atoms with Crippen LogP contribution in [0.15, 0.2) is 18.2 Å². The molecule has 0 spiro atoms. The molecule has 1 aromatic heterocycles. The molecule has 0 radical (unpaired) electrons. The van der Waals surface area contributed by atoms with Crippen LogP contribution in [0.1, 0.15) is 24.2 Å². The third-order valence-corrected chi connectivity index (χ3v) is 4.45. The highest BCUT2D eigenvalue weighted by Crippen LogP contribution is 2.14. The van der Waals surface area contributed by atoms with E-state index in [0.29, 0.717) is 43.8 Å². The maximum Gasteiger partial charge on any atom is 0.338 e. The van der Waals surface area contributed by atoms with Crippen LogP contribution >= 0.6 is 0 Å². The smallest absolute Gasteiger partial charge is 0.338 e. The largest absolute Gasteiger partial charge is 0.452 e. The number of hydrogen-bond acceptors (Lipinski definition) is 6. The first-order valence-corrected chi connectivity index (χ1v) is 8.53. The second-order valence-corrected chi connectivity index (χ2v) is 6.07. The van der Waals surface area contributed by atoms with E-state index in [-0.39, 0.29) is 18.4 Å². The maximum atomic E-state index is 12.2. The van der Waals surface area contributed by atoms with Crippen molar-refractivity contribution in [2.75, 3.05) is 32.8 Å². The van der Waals surface area contributed by atoms with E-state index in [9.17, 15) is 14.4 Å². The molecule has 0 N–H and O–H groups in total. The number of benzene rings is 1. The molecule has 0 bridgehead atoms. The average molecular weight is 359 g/mol. The molecule has 9 heteroatoms. The van der Waals surface area contributed by atoms with Crippen molar-refractivity contribution in [3.8, 4) is 0 Å². The number of piperazine rings is 1. The number of fused-ring (bicyclic) bond motifs is 1. The fraction of sp³-hybridized carbons (Fsp3) is 0.471. The minimum atomic E-state index is -0.575. The van der Waals surface area contributed by atoms with Crippen molar-refractivity contribution >= 4 is 28.8 Å². The van der Waals surface area contributed by atoms with Crippen LogP contribution in [0.5, 0.6) is 0 Å². The highest BCUT2D eigenvalue weighted by Gasteiger charge is 2.23. The molecule has 2 aromatic rings. The number of ether oxygens (including phenoxy) is 1. The lowest BCUT2D eigenvalue weighted by Crippen LogP contribution is -2.51. The number of carbonyl (C=O) groups is 3. The van der Waals surface area contributed by atoms with Gasteiger partial charge in [-0.05, 0) is 25.1 Å². The lowest BCUT2D eigenvalue weighted by atomic mass is 10.2. The summed E-state index contributed by atoms with van der Waals surface area (Å²) in [6.45, 7) is 5.72. The Morgan fingerprint density at radius 1 is 1.12 bits per heavy atom. The fourth-order valence-corrected chi connectivity index (χ4v) is 2.91. The van der Waals surface area contributed by atoms with E-state index in [1.54, 1.807) is 32.7 Å². The van der Waals surface area contributed by atoms with E-state index in [1.807, 2.05) is 6.92 Å². The number of aryl methyl sites for hydroxylation is 1. The molecule has 1 aromatic carbocycles. The number of carbonyl (C=O) groups excluding carboxylic acids is 3. The van der Waals surface area contributed by atoms with Crippen molar-refractivity contribution < 1.29 is 19.1 Å². The van der Waals surface area contributed by atoms with Crippen LogP contribution in [0.25, 0.3) is 11.0 Å². The van der Waals surface area contributed by atoms with Gasteiger partial charge in [0.2, 0.25) is 5.91 Å². The molecule has 138 valence electrons. The lowest BCUT2D eigenvalue weighted by molar-refractivity contribution is -0.140. The standard InChI is InChI=1S/C17H21N5O4/c1-3-22-15-5-4-13(10-14(15)18-19-22)17(25)26-11-16(24)21-8-6-20(7-9-21)12(2)23/h4-5,10H,3,6-9,11H2,1-2H3. The SMILES string of the molecule is CCn1nnc2cc(C(=O)OCC(=O)N3CCN(C(C)=O)CC3)ccc21. The highest BCUT2D eigenvalue weighted by atomic mass is 16.5. The normalized spacial score (nSPS) is 14.5. The van der Waals surface area contributed by atoms with Gasteiger partial charge in [0.15, 0.2) is 6.61 Å². The lowest BCUT2D eigenvalue weighted by Gasteiger charge is -2.34. The Labute approximate surface area is 150 Å². The minimum Gasteiger partial charge on any atom is -0.452 e. The molecule has 2 heterocycles. The van der Waals surface area contributed by atoms with Gasteiger partial charge in [-0.2, -0.15) is 0 Å². The Morgan fingerprint density at radius 2 is 1.81 bits per heavy atom. The van der Waals surface area contributed by atoms with Crippen LogP contribution in [-0.2, 0) is 20.9 Å². The van der Waals surface area contributed by atoms with Gasteiger partial charge in [0.05, 0.1) is 11.1 Å². The molecule has 0 aliphatic carbocycles. The summed E-state index contributed by atoms with van der Waals surface area (Å²) >= 11 is 0. The zero-order valence-electron chi connectivity index (χ0n) is 14.8. The van der Waals surface area contributed by atoms with Crippen molar-refractivity contribution in [1.82, 2.24) is 24.8 Å². The van der Waals surface area contributed by atoms with Gasteiger partial charge in [0.25, 0.3) is 5.91 Å². The topological polar surface area (TPSA) is 97.6 Å². The highest BCUT2D eigenvalue weighted by molar-refractivity contribution is 5.94. The van der Waals surface area contributed by atoms with Crippen LogP contribution in [-0.4, -0.2) is 75.4 Å². The van der Waals surface area contributed by atoms with Crippen molar-refractivity contribution in [2.45, 2.75) is 20.4 Å². The second-order valence-electron chi connectivity index (χ2n) is 6.07. The Kier molecular flexibility index (Phi) is 5.15. The van der Waals surface area contributed by atoms with Gasteiger partial charge >= 0.3 is 5.97 Å². The summed E-state index contributed by atoms with van der Waals surface area (Å²) in [5.41, 5.74) is 1.77. The van der Waals surface area contributed by atoms with E-state index in [2.05, 4.69) is 10.3 Å².